The standard InChI is InChI=1S/C16H22N2O3/c1-3-21-15(19)10-18(14-7-8-14)16(20)11(2)12-5-4-6-13(17)9-12/h4-6,9,11,14H,3,7-8,10,17H2,1-2H3. The monoisotopic (exact) mass is 290 g/mol. The summed E-state index contributed by atoms with van der Waals surface area (Å²) < 4.78 is 4.95. The van der Waals surface area contributed by atoms with Gasteiger partial charge in [-0.2, -0.15) is 0 Å². The molecule has 114 valence electrons. The highest BCUT2D eigenvalue weighted by atomic mass is 16.5. The number of carbonyl (C=O) groups is 2. The van der Waals surface area contributed by atoms with Gasteiger partial charge in [0, 0.05) is 11.7 Å². The van der Waals surface area contributed by atoms with Crippen molar-refractivity contribution in [3.05, 3.63) is 29.8 Å². The van der Waals surface area contributed by atoms with Crippen LogP contribution in [0.2, 0.25) is 0 Å². The van der Waals surface area contributed by atoms with Gasteiger partial charge in [0.15, 0.2) is 0 Å². The van der Waals surface area contributed by atoms with Crippen LogP contribution in [0.5, 0.6) is 0 Å². The Morgan fingerprint density at radius 3 is 2.71 bits per heavy atom. The number of esters is 1. The molecule has 1 atom stereocenters. The van der Waals surface area contributed by atoms with Crippen LogP contribution in [-0.2, 0) is 14.3 Å². The van der Waals surface area contributed by atoms with Gasteiger partial charge in [0.25, 0.3) is 0 Å². The van der Waals surface area contributed by atoms with E-state index in [1.54, 1.807) is 24.0 Å². The lowest BCUT2D eigenvalue weighted by Gasteiger charge is -2.25. The topological polar surface area (TPSA) is 72.6 Å². The number of hydrogen-bond donors (Lipinski definition) is 1. The number of hydrogen-bond acceptors (Lipinski definition) is 4. The first-order chi connectivity index (χ1) is 10.0. The molecule has 1 aliphatic carbocycles. The van der Waals surface area contributed by atoms with Crippen LogP contribution in [0.3, 0.4) is 0 Å². The van der Waals surface area contributed by atoms with Crippen molar-refractivity contribution in [2.24, 2.45) is 0 Å². The number of nitrogens with two attached hydrogens (primary N) is 1. The maximum absolute atomic E-state index is 12.7. The van der Waals surface area contributed by atoms with Crippen LogP contribution in [0.15, 0.2) is 24.3 Å². The molecule has 0 spiro atoms. The molecular formula is C16H22N2O3. The van der Waals surface area contributed by atoms with Crippen molar-refractivity contribution in [1.29, 1.82) is 0 Å². The molecule has 0 radical (unpaired) electrons. The van der Waals surface area contributed by atoms with Gasteiger partial charge >= 0.3 is 5.97 Å². The number of nitrogen functional groups attached to an aromatic ring is 1. The van der Waals surface area contributed by atoms with Gasteiger partial charge in [-0.05, 0) is 44.4 Å². The number of anilines is 1. The molecular weight excluding hydrogens is 268 g/mol. The molecule has 0 bridgehead atoms. The highest BCUT2D eigenvalue weighted by Crippen LogP contribution is 2.30. The molecule has 0 aromatic heterocycles. The summed E-state index contributed by atoms with van der Waals surface area (Å²) in [7, 11) is 0. The molecule has 2 rings (SSSR count). The second-order valence-corrected chi connectivity index (χ2v) is 5.39. The van der Waals surface area contributed by atoms with E-state index in [2.05, 4.69) is 0 Å². The quantitative estimate of drug-likeness (QED) is 0.642. The number of nitrogens with zero attached hydrogens (tertiary/aromatic N) is 1. The summed E-state index contributed by atoms with van der Waals surface area (Å²) in [6.07, 6.45) is 1.91. The fourth-order valence-corrected chi connectivity index (χ4v) is 2.34. The SMILES string of the molecule is CCOC(=O)CN(C(=O)C(C)c1cccc(N)c1)C1CC1. The summed E-state index contributed by atoms with van der Waals surface area (Å²) in [5.41, 5.74) is 7.27. The third-order valence-corrected chi connectivity index (χ3v) is 3.66. The normalized spacial score (nSPS) is 15.3. The molecule has 5 heteroatoms. The lowest BCUT2D eigenvalue weighted by atomic mass is 9.99. The minimum Gasteiger partial charge on any atom is -0.465 e. The van der Waals surface area contributed by atoms with Crippen LogP contribution >= 0.6 is 0 Å². The Morgan fingerprint density at radius 1 is 1.43 bits per heavy atom. The van der Waals surface area contributed by atoms with Crippen LogP contribution < -0.4 is 5.73 Å². The van der Waals surface area contributed by atoms with Crippen molar-refractivity contribution in [2.75, 3.05) is 18.9 Å². The van der Waals surface area contributed by atoms with E-state index in [4.69, 9.17) is 10.5 Å². The summed E-state index contributed by atoms with van der Waals surface area (Å²) in [6.45, 7) is 3.97. The highest BCUT2D eigenvalue weighted by Gasteiger charge is 2.36. The molecule has 0 aliphatic heterocycles. The summed E-state index contributed by atoms with van der Waals surface area (Å²) in [6, 6.07) is 7.48. The first-order valence-electron chi connectivity index (χ1n) is 7.34. The van der Waals surface area contributed by atoms with Crippen LogP contribution in [0, 0.1) is 0 Å². The molecule has 2 N–H and O–H groups in total. The minimum atomic E-state index is -0.350. The molecule has 1 amide bonds. The van der Waals surface area contributed by atoms with E-state index in [0.29, 0.717) is 12.3 Å². The van der Waals surface area contributed by atoms with E-state index in [-0.39, 0.29) is 30.4 Å². The second-order valence-electron chi connectivity index (χ2n) is 5.39. The predicted molar refractivity (Wildman–Crippen MR) is 80.6 cm³/mol. The van der Waals surface area contributed by atoms with Crippen LogP contribution in [0.25, 0.3) is 0 Å². The first kappa shape index (κ1) is 15.4. The van der Waals surface area contributed by atoms with Gasteiger partial charge in [0.05, 0.1) is 12.5 Å². The maximum atomic E-state index is 12.7. The summed E-state index contributed by atoms with van der Waals surface area (Å²) >= 11 is 0. The Bertz CT molecular complexity index is 526. The maximum Gasteiger partial charge on any atom is 0.325 e. The van der Waals surface area contributed by atoms with E-state index in [1.165, 1.54) is 0 Å². The summed E-state index contributed by atoms with van der Waals surface area (Å²) in [5.74, 6) is -0.711. The smallest absolute Gasteiger partial charge is 0.325 e. The van der Waals surface area contributed by atoms with Gasteiger partial charge in [-0.25, -0.2) is 0 Å². The summed E-state index contributed by atoms with van der Waals surface area (Å²) in [5, 5.41) is 0. The predicted octanol–water partition coefficient (Wildman–Crippen LogP) is 1.93. The van der Waals surface area contributed by atoms with Gasteiger partial charge in [-0.3, -0.25) is 9.59 Å². The average Bonchev–Trinajstić information content (AvgIpc) is 3.28. The van der Waals surface area contributed by atoms with Gasteiger partial charge < -0.3 is 15.4 Å². The van der Waals surface area contributed by atoms with Crippen molar-refractivity contribution in [2.45, 2.75) is 38.6 Å². The molecule has 1 saturated carbocycles. The lowest BCUT2D eigenvalue weighted by molar-refractivity contribution is -0.149. The largest absolute Gasteiger partial charge is 0.465 e. The van der Waals surface area contributed by atoms with Crippen LogP contribution in [0.4, 0.5) is 5.69 Å². The Morgan fingerprint density at radius 2 is 2.14 bits per heavy atom. The Labute approximate surface area is 125 Å². The molecule has 1 aromatic rings. The van der Waals surface area contributed by atoms with Crippen molar-refractivity contribution >= 4 is 17.6 Å². The number of ether oxygens (including phenoxy) is 1. The lowest BCUT2D eigenvalue weighted by Crippen LogP contribution is -2.40. The zero-order valence-corrected chi connectivity index (χ0v) is 12.5. The molecule has 5 nitrogen and oxygen atoms in total. The van der Waals surface area contributed by atoms with Crippen LogP contribution in [-0.4, -0.2) is 36.0 Å². The molecule has 1 aliphatic rings. The average molecular weight is 290 g/mol. The molecule has 1 unspecified atom stereocenters. The fourth-order valence-electron chi connectivity index (χ4n) is 2.34. The first-order valence-corrected chi connectivity index (χ1v) is 7.34. The second kappa shape index (κ2) is 6.61. The van der Waals surface area contributed by atoms with E-state index in [0.717, 1.165) is 18.4 Å². The van der Waals surface area contributed by atoms with Crippen molar-refractivity contribution in [3.63, 3.8) is 0 Å². The number of amides is 1. The molecule has 21 heavy (non-hydrogen) atoms. The Balaban J connectivity index is 2.09. The van der Waals surface area contributed by atoms with Crippen molar-refractivity contribution in [1.82, 2.24) is 4.90 Å². The van der Waals surface area contributed by atoms with Crippen molar-refractivity contribution < 1.29 is 14.3 Å². The van der Waals surface area contributed by atoms with E-state index >= 15 is 0 Å². The van der Waals surface area contributed by atoms with E-state index in [9.17, 15) is 9.59 Å². The molecule has 0 saturated heterocycles. The van der Waals surface area contributed by atoms with Gasteiger partial charge in [0.1, 0.15) is 6.54 Å². The van der Waals surface area contributed by atoms with Crippen molar-refractivity contribution in [3.8, 4) is 0 Å². The summed E-state index contributed by atoms with van der Waals surface area (Å²) in [4.78, 5) is 26.0. The molecule has 1 fully saturated rings. The zero-order chi connectivity index (χ0) is 15.4. The van der Waals surface area contributed by atoms with Gasteiger partial charge in [0.2, 0.25) is 5.91 Å². The fraction of sp³-hybridized carbons (Fsp3) is 0.500. The minimum absolute atomic E-state index is 0.0317. The Kier molecular flexibility index (Phi) is 4.83. The Hall–Kier alpha value is -2.04. The van der Waals surface area contributed by atoms with Gasteiger partial charge in [-0.1, -0.05) is 12.1 Å². The number of carbonyl (C=O) groups excluding carboxylic acids is 2. The van der Waals surface area contributed by atoms with E-state index < -0.39 is 0 Å². The zero-order valence-electron chi connectivity index (χ0n) is 12.5. The number of rotatable bonds is 6. The highest BCUT2D eigenvalue weighted by molar-refractivity contribution is 5.87. The number of benzene rings is 1. The van der Waals surface area contributed by atoms with Crippen LogP contribution in [0.1, 0.15) is 38.2 Å². The third-order valence-electron chi connectivity index (χ3n) is 3.66. The third kappa shape index (κ3) is 3.97. The van der Waals surface area contributed by atoms with Gasteiger partial charge in [-0.15, -0.1) is 0 Å². The molecule has 1 aromatic carbocycles. The van der Waals surface area contributed by atoms with E-state index in [1.807, 2.05) is 19.1 Å². The molecule has 0 heterocycles.